The van der Waals surface area contributed by atoms with Gasteiger partial charge in [0, 0.05) is 29.9 Å². The van der Waals surface area contributed by atoms with Crippen molar-refractivity contribution >= 4 is 0 Å². The summed E-state index contributed by atoms with van der Waals surface area (Å²) in [5.74, 6) is -1.43. The summed E-state index contributed by atoms with van der Waals surface area (Å²) in [5, 5.41) is 18.2. The third kappa shape index (κ3) is 2.95. The minimum atomic E-state index is -0.715. The van der Waals surface area contributed by atoms with Crippen molar-refractivity contribution in [3.8, 4) is 6.07 Å². The van der Waals surface area contributed by atoms with E-state index in [2.05, 4.69) is 15.5 Å². The van der Waals surface area contributed by atoms with Crippen molar-refractivity contribution in [2.75, 3.05) is 0 Å². The van der Waals surface area contributed by atoms with Crippen LogP contribution in [-0.2, 0) is 13.1 Å². The van der Waals surface area contributed by atoms with E-state index >= 15 is 0 Å². The minimum absolute atomic E-state index is 0.0237. The largest absolute Gasteiger partial charge is 0.308 e. The molecule has 1 heterocycles. The third-order valence-corrected chi connectivity index (χ3v) is 2.82. The number of rotatable bonds is 4. The Bertz CT molecular complexity index is 605. The average Bonchev–Trinajstić information content (AvgIpc) is 2.78. The standard InChI is InChI=1S/C13H12F2N4/c1-8-10(6-18-19-8)5-17-7-11-12(14)2-9(4-16)3-13(11)15/h2-3,6,17H,5,7H2,1H3,(H,18,19). The zero-order valence-electron chi connectivity index (χ0n) is 10.3. The van der Waals surface area contributed by atoms with Gasteiger partial charge in [-0.2, -0.15) is 10.4 Å². The summed E-state index contributed by atoms with van der Waals surface area (Å²) in [6.07, 6.45) is 1.66. The zero-order chi connectivity index (χ0) is 13.8. The smallest absolute Gasteiger partial charge is 0.131 e. The molecule has 6 heteroatoms. The molecule has 0 aliphatic rings. The number of H-pyrrole nitrogens is 1. The Morgan fingerprint density at radius 3 is 2.53 bits per heavy atom. The predicted octanol–water partition coefficient (Wildman–Crippen LogP) is 2.16. The summed E-state index contributed by atoms with van der Waals surface area (Å²) in [6, 6.07) is 3.77. The van der Waals surface area contributed by atoms with E-state index in [0.717, 1.165) is 23.4 Å². The number of nitrogens with zero attached hydrogens (tertiary/aromatic N) is 2. The maximum absolute atomic E-state index is 13.6. The van der Waals surface area contributed by atoms with Crippen molar-refractivity contribution in [2.45, 2.75) is 20.0 Å². The van der Waals surface area contributed by atoms with Crippen LogP contribution < -0.4 is 5.32 Å². The van der Waals surface area contributed by atoms with E-state index in [1.54, 1.807) is 12.3 Å². The molecule has 0 atom stereocenters. The maximum atomic E-state index is 13.6. The fraction of sp³-hybridized carbons (Fsp3) is 0.231. The summed E-state index contributed by atoms with van der Waals surface area (Å²) in [6.45, 7) is 2.38. The van der Waals surface area contributed by atoms with E-state index < -0.39 is 11.6 Å². The molecule has 1 aromatic carbocycles. The molecule has 0 saturated carbocycles. The van der Waals surface area contributed by atoms with Gasteiger partial charge in [-0.3, -0.25) is 5.10 Å². The van der Waals surface area contributed by atoms with Gasteiger partial charge in [0.2, 0.25) is 0 Å². The van der Waals surface area contributed by atoms with Crippen LogP contribution in [0.3, 0.4) is 0 Å². The van der Waals surface area contributed by atoms with Gasteiger partial charge in [0.1, 0.15) is 11.6 Å². The van der Waals surface area contributed by atoms with Crippen LogP contribution in [0.15, 0.2) is 18.3 Å². The summed E-state index contributed by atoms with van der Waals surface area (Å²) < 4.78 is 27.2. The molecule has 2 N–H and O–H groups in total. The van der Waals surface area contributed by atoms with Crippen LogP contribution in [0.5, 0.6) is 0 Å². The molecular weight excluding hydrogens is 250 g/mol. The highest BCUT2D eigenvalue weighted by Gasteiger charge is 2.11. The van der Waals surface area contributed by atoms with Crippen LogP contribution in [0.25, 0.3) is 0 Å². The molecule has 0 saturated heterocycles. The molecule has 98 valence electrons. The van der Waals surface area contributed by atoms with Crippen LogP contribution in [0.1, 0.15) is 22.4 Å². The monoisotopic (exact) mass is 262 g/mol. The number of nitriles is 1. The van der Waals surface area contributed by atoms with Crippen molar-refractivity contribution in [1.82, 2.24) is 15.5 Å². The van der Waals surface area contributed by atoms with E-state index in [4.69, 9.17) is 5.26 Å². The van der Waals surface area contributed by atoms with Crippen LogP contribution >= 0.6 is 0 Å². The Kier molecular flexibility index (Phi) is 3.88. The van der Waals surface area contributed by atoms with Gasteiger partial charge in [-0.05, 0) is 19.1 Å². The molecule has 19 heavy (non-hydrogen) atoms. The first-order valence-electron chi connectivity index (χ1n) is 5.69. The predicted molar refractivity (Wildman–Crippen MR) is 64.9 cm³/mol. The van der Waals surface area contributed by atoms with Gasteiger partial charge >= 0.3 is 0 Å². The molecule has 0 bridgehead atoms. The SMILES string of the molecule is Cc1[nH]ncc1CNCc1c(F)cc(C#N)cc1F. The molecule has 0 unspecified atom stereocenters. The highest BCUT2D eigenvalue weighted by molar-refractivity contribution is 5.34. The van der Waals surface area contributed by atoms with Crippen LogP contribution in [0.4, 0.5) is 8.78 Å². The van der Waals surface area contributed by atoms with E-state index in [9.17, 15) is 8.78 Å². The van der Waals surface area contributed by atoms with Gasteiger partial charge in [-0.25, -0.2) is 8.78 Å². The second kappa shape index (κ2) is 5.59. The quantitative estimate of drug-likeness (QED) is 0.887. The Balaban J connectivity index is 2.04. The van der Waals surface area contributed by atoms with Crippen molar-refractivity contribution < 1.29 is 8.78 Å². The topological polar surface area (TPSA) is 64.5 Å². The van der Waals surface area contributed by atoms with E-state index in [1.807, 2.05) is 6.92 Å². The molecule has 0 amide bonds. The van der Waals surface area contributed by atoms with Crippen molar-refractivity contribution in [1.29, 1.82) is 5.26 Å². The number of hydrogen-bond donors (Lipinski definition) is 2. The molecule has 0 spiro atoms. The molecule has 2 rings (SSSR count). The van der Waals surface area contributed by atoms with Gasteiger partial charge in [0.05, 0.1) is 17.8 Å². The number of hydrogen-bond acceptors (Lipinski definition) is 3. The maximum Gasteiger partial charge on any atom is 0.131 e. The average molecular weight is 262 g/mol. The molecule has 1 aromatic heterocycles. The van der Waals surface area contributed by atoms with Crippen molar-refractivity contribution in [2.24, 2.45) is 0 Å². The van der Waals surface area contributed by atoms with Gasteiger partial charge < -0.3 is 5.32 Å². The fourth-order valence-electron chi connectivity index (χ4n) is 1.71. The van der Waals surface area contributed by atoms with Crippen LogP contribution in [0.2, 0.25) is 0 Å². The molecule has 4 nitrogen and oxygen atoms in total. The third-order valence-electron chi connectivity index (χ3n) is 2.82. The summed E-state index contributed by atoms with van der Waals surface area (Å²) in [7, 11) is 0. The Morgan fingerprint density at radius 1 is 1.32 bits per heavy atom. The number of benzene rings is 1. The second-order valence-corrected chi connectivity index (χ2v) is 4.15. The van der Waals surface area contributed by atoms with E-state index in [1.165, 1.54) is 0 Å². The molecule has 2 aromatic rings. The normalized spacial score (nSPS) is 10.4. The molecule has 0 fully saturated rings. The molecule has 0 aliphatic heterocycles. The summed E-state index contributed by atoms with van der Waals surface area (Å²) >= 11 is 0. The van der Waals surface area contributed by atoms with Gasteiger partial charge in [0.15, 0.2) is 0 Å². The first-order chi connectivity index (χ1) is 9.11. The minimum Gasteiger partial charge on any atom is -0.308 e. The second-order valence-electron chi connectivity index (χ2n) is 4.15. The van der Waals surface area contributed by atoms with Gasteiger partial charge in [0.25, 0.3) is 0 Å². The number of aryl methyl sites for hydroxylation is 1. The van der Waals surface area contributed by atoms with E-state index in [-0.39, 0.29) is 17.7 Å². The Morgan fingerprint density at radius 2 is 2.00 bits per heavy atom. The lowest BCUT2D eigenvalue weighted by atomic mass is 10.1. The highest BCUT2D eigenvalue weighted by atomic mass is 19.1. The fourth-order valence-corrected chi connectivity index (χ4v) is 1.71. The number of nitrogens with one attached hydrogen (secondary N) is 2. The van der Waals surface area contributed by atoms with Crippen LogP contribution in [-0.4, -0.2) is 10.2 Å². The van der Waals surface area contributed by atoms with Crippen LogP contribution in [0, 0.1) is 29.9 Å². The molecule has 0 aliphatic carbocycles. The van der Waals surface area contributed by atoms with E-state index in [0.29, 0.717) is 6.54 Å². The summed E-state index contributed by atoms with van der Waals surface area (Å²) in [5.41, 5.74) is 1.76. The zero-order valence-corrected chi connectivity index (χ0v) is 10.3. The number of aromatic nitrogens is 2. The van der Waals surface area contributed by atoms with Crippen molar-refractivity contribution in [3.05, 3.63) is 52.3 Å². The Labute approximate surface area is 109 Å². The number of halogens is 2. The lowest BCUT2D eigenvalue weighted by molar-refractivity contribution is 0.534. The van der Waals surface area contributed by atoms with Gasteiger partial charge in [-0.1, -0.05) is 0 Å². The highest BCUT2D eigenvalue weighted by Crippen LogP contribution is 2.15. The Hall–Kier alpha value is -2.26. The summed E-state index contributed by atoms with van der Waals surface area (Å²) in [4.78, 5) is 0. The lowest BCUT2D eigenvalue weighted by Gasteiger charge is -2.07. The number of aromatic amines is 1. The molecular formula is C13H12F2N4. The van der Waals surface area contributed by atoms with Crippen molar-refractivity contribution in [3.63, 3.8) is 0 Å². The first-order valence-corrected chi connectivity index (χ1v) is 5.69. The van der Waals surface area contributed by atoms with Gasteiger partial charge in [-0.15, -0.1) is 0 Å². The molecule has 0 radical (unpaired) electrons. The lowest BCUT2D eigenvalue weighted by Crippen LogP contribution is -2.15. The first kappa shape index (κ1) is 13.2.